The Bertz CT molecular complexity index is 446. The number of rotatable bonds is 3. The summed E-state index contributed by atoms with van der Waals surface area (Å²) in [5.41, 5.74) is -0.994. The lowest BCUT2D eigenvalue weighted by Gasteiger charge is -2.06. The highest BCUT2D eigenvalue weighted by molar-refractivity contribution is 5.89. The van der Waals surface area contributed by atoms with Crippen LogP contribution in [0.25, 0.3) is 5.83 Å². The second-order valence-corrected chi connectivity index (χ2v) is 3.32. The van der Waals surface area contributed by atoms with Crippen molar-refractivity contribution in [2.45, 2.75) is 13.1 Å². The van der Waals surface area contributed by atoms with Gasteiger partial charge < -0.3 is 4.74 Å². The van der Waals surface area contributed by atoms with Crippen molar-refractivity contribution in [2.75, 3.05) is 6.61 Å². The molecule has 0 saturated carbocycles. The largest absolute Gasteiger partial charge is 0.463 e. The van der Waals surface area contributed by atoms with Crippen molar-refractivity contribution < 1.29 is 27.1 Å². The fourth-order valence-electron chi connectivity index (χ4n) is 1.19. The highest BCUT2D eigenvalue weighted by Gasteiger charge is 2.30. The number of hydrogen-bond donors (Lipinski definition) is 0. The summed E-state index contributed by atoms with van der Waals surface area (Å²) < 4.78 is 54.6. The minimum atomic E-state index is -4.47. The van der Waals surface area contributed by atoms with E-state index in [1.165, 1.54) is 0 Å². The van der Waals surface area contributed by atoms with Gasteiger partial charge in [-0.15, -0.1) is 0 Å². The number of esters is 1. The molecule has 18 heavy (non-hydrogen) atoms. The van der Waals surface area contributed by atoms with Gasteiger partial charge in [-0.2, -0.15) is 13.2 Å². The van der Waals surface area contributed by atoms with Gasteiger partial charge in [-0.05, 0) is 19.1 Å². The van der Waals surface area contributed by atoms with Crippen LogP contribution in [0.1, 0.15) is 18.1 Å². The van der Waals surface area contributed by atoms with E-state index in [0.717, 1.165) is 24.3 Å². The van der Waals surface area contributed by atoms with Crippen molar-refractivity contribution in [1.82, 2.24) is 0 Å². The standard InChI is InChI=1S/C12H10F4O2/c1-2-18-11(17)7-10(13)8-3-5-9(6-4-8)12(14,15)16/h3-7H,2H2,1H3/b10-7-. The molecule has 6 heteroatoms. The third kappa shape index (κ3) is 3.87. The van der Waals surface area contributed by atoms with Gasteiger partial charge in [0.1, 0.15) is 5.83 Å². The van der Waals surface area contributed by atoms with Gasteiger partial charge in [0.05, 0.1) is 18.2 Å². The summed E-state index contributed by atoms with van der Waals surface area (Å²) in [4.78, 5) is 10.9. The molecule has 1 aromatic rings. The fourth-order valence-corrected chi connectivity index (χ4v) is 1.19. The third-order valence-corrected chi connectivity index (χ3v) is 2.02. The first-order valence-electron chi connectivity index (χ1n) is 5.06. The third-order valence-electron chi connectivity index (χ3n) is 2.02. The predicted octanol–water partition coefficient (Wildman–Crippen LogP) is 3.58. The van der Waals surface area contributed by atoms with E-state index in [2.05, 4.69) is 4.74 Å². The van der Waals surface area contributed by atoms with Crippen LogP contribution in [0.2, 0.25) is 0 Å². The van der Waals surface area contributed by atoms with Gasteiger partial charge in [0, 0.05) is 5.56 Å². The Balaban J connectivity index is 2.89. The zero-order valence-electron chi connectivity index (χ0n) is 9.42. The van der Waals surface area contributed by atoms with E-state index in [-0.39, 0.29) is 12.2 Å². The van der Waals surface area contributed by atoms with Crippen LogP contribution in [0, 0.1) is 0 Å². The SMILES string of the molecule is CCOC(=O)/C=C(\F)c1ccc(C(F)(F)F)cc1. The molecule has 0 aromatic heterocycles. The number of halogens is 4. The Labute approximate surface area is 101 Å². The first-order valence-corrected chi connectivity index (χ1v) is 5.06. The zero-order valence-corrected chi connectivity index (χ0v) is 9.42. The van der Waals surface area contributed by atoms with Gasteiger partial charge in [0.15, 0.2) is 0 Å². The maximum absolute atomic E-state index is 13.4. The van der Waals surface area contributed by atoms with E-state index < -0.39 is 23.5 Å². The minimum absolute atomic E-state index is 0.0929. The number of ether oxygens (including phenoxy) is 1. The van der Waals surface area contributed by atoms with E-state index in [1.54, 1.807) is 6.92 Å². The number of alkyl halides is 3. The van der Waals surface area contributed by atoms with Gasteiger partial charge in [0.25, 0.3) is 0 Å². The maximum Gasteiger partial charge on any atom is 0.416 e. The smallest absolute Gasteiger partial charge is 0.416 e. The summed E-state index contributed by atoms with van der Waals surface area (Å²) in [5.74, 6) is -1.82. The van der Waals surface area contributed by atoms with Crippen molar-refractivity contribution in [3.63, 3.8) is 0 Å². The zero-order chi connectivity index (χ0) is 13.8. The lowest BCUT2D eigenvalue weighted by atomic mass is 10.1. The van der Waals surface area contributed by atoms with Crippen LogP contribution in [-0.2, 0) is 15.7 Å². The van der Waals surface area contributed by atoms with Crippen LogP contribution in [-0.4, -0.2) is 12.6 Å². The Morgan fingerprint density at radius 3 is 2.28 bits per heavy atom. The molecule has 0 aliphatic carbocycles. The molecule has 0 spiro atoms. The molecule has 0 amide bonds. The van der Waals surface area contributed by atoms with E-state index >= 15 is 0 Å². The number of carbonyl (C=O) groups excluding carboxylic acids is 1. The molecule has 0 aliphatic heterocycles. The van der Waals surface area contributed by atoms with Gasteiger partial charge in [-0.25, -0.2) is 9.18 Å². The first-order chi connectivity index (χ1) is 8.34. The molecule has 0 saturated heterocycles. The lowest BCUT2D eigenvalue weighted by Crippen LogP contribution is -2.04. The molecular formula is C12H10F4O2. The first kappa shape index (κ1) is 14.2. The van der Waals surface area contributed by atoms with Crippen LogP contribution < -0.4 is 0 Å². The summed E-state index contributed by atoms with van der Waals surface area (Å²) >= 11 is 0. The van der Waals surface area contributed by atoms with E-state index in [9.17, 15) is 22.4 Å². The van der Waals surface area contributed by atoms with Crippen molar-refractivity contribution in [3.05, 3.63) is 41.5 Å². The molecule has 98 valence electrons. The average Bonchev–Trinajstić information content (AvgIpc) is 2.28. The number of benzene rings is 1. The van der Waals surface area contributed by atoms with Gasteiger partial charge >= 0.3 is 12.1 Å². The second-order valence-electron chi connectivity index (χ2n) is 3.32. The van der Waals surface area contributed by atoms with Gasteiger partial charge in [0.2, 0.25) is 0 Å². The monoisotopic (exact) mass is 262 g/mol. The topological polar surface area (TPSA) is 26.3 Å². The summed E-state index contributed by atoms with van der Waals surface area (Å²) in [6.45, 7) is 1.65. The van der Waals surface area contributed by atoms with Crippen molar-refractivity contribution in [3.8, 4) is 0 Å². The average molecular weight is 262 g/mol. The highest BCUT2D eigenvalue weighted by atomic mass is 19.4. The quantitative estimate of drug-likeness (QED) is 0.473. The minimum Gasteiger partial charge on any atom is -0.463 e. The van der Waals surface area contributed by atoms with E-state index in [4.69, 9.17) is 0 Å². The summed E-state index contributed by atoms with van der Waals surface area (Å²) in [7, 11) is 0. The molecule has 0 bridgehead atoms. The molecular weight excluding hydrogens is 252 g/mol. The lowest BCUT2D eigenvalue weighted by molar-refractivity contribution is -0.138. The van der Waals surface area contributed by atoms with Crippen molar-refractivity contribution in [2.24, 2.45) is 0 Å². The normalized spacial score (nSPS) is 12.4. The molecule has 0 unspecified atom stereocenters. The summed E-state index contributed by atoms with van der Waals surface area (Å²) in [6, 6.07) is 3.39. The van der Waals surface area contributed by atoms with E-state index in [1.807, 2.05) is 0 Å². The molecule has 0 N–H and O–H groups in total. The van der Waals surface area contributed by atoms with Crippen molar-refractivity contribution in [1.29, 1.82) is 0 Å². The van der Waals surface area contributed by atoms with Crippen LogP contribution >= 0.6 is 0 Å². The Kier molecular flexibility index (Phi) is 4.47. The molecule has 1 rings (SSSR count). The fraction of sp³-hybridized carbons (Fsp3) is 0.250. The molecule has 0 heterocycles. The number of carbonyl (C=O) groups is 1. The van der Waals surface area contributed by atoms with Crippen LogP contribution in [0.5, 0.6) is 0 Å². The van der Waals surface area contributed by atoms with Crippen molar-refractivity contribution >= 4 is 11.8 Å². The highest BCUT2D eigenvalue weighted by Crippen LogP contribution is 2.30. The molecule has 1 aromatic carbocycles. The molecule has 0 fully saturated rings. The summed E-state index contributed by atoms with van der Waals surface area (Å²) in [5, 5.41) is 0. The van der Waals surface area contributed by atoms with Crippen LogP contribution in [0.4, 0.5) is 17.6 Å². The predicted molar refractivity (Wildman–Crippen MR) is 57.2 cm³/mol. The van der Waals surface area contributed by atoms with Gasteiger partial charge in [-0.3, -0.25) is 0 Å². The Morgan fingerprint density at radius 1 is 1.28 bits per heavy atom. The van der Waals surface area contributed by atoms with E-state index in [0.29, 0.717) is 6.08 Å². The second kappa shape index (κ2) is 5.66. The Hall–Kier alpha value is -1.85. The maximum atomic E-state index is 13.4. The molecule has 0 aliphatic rings. The van der Waals surface area contributed by atoms with Crippen LogP contribution in [0.15, 0.2) is 30.3 Å². The molecule has 0 atom stereocenters. The van der Waals surface area contributed by atoms with Crippen LogP contribution in [0.3, 0.4) is 0 Å². The molecule has 2 nitrogen and oxygen atoms in total. The molecule has 0 radical (unpaired) electrons. The summed E-state index contributed by atoms with van der Waals surface area (Å²) in [6.07, 6.45) is -3.88. The van der Waals surface area contributed by atoms with Gasteiger partial charge in [-0.1, -0.05) is 12.1 Å². The number of hydrogen-bond acceptors (Lipinski definition) is 2. The Morgan fingerprint density at radius 2 is 1.83 bits per heavy atom.